The summed E-state index contributed by atoms with van der Waals surface area (Å²) in [5.41, 5.74) is 3.20. The predicted molar refractivity (Wildman–Crippen MR) is 121 cm³/mol. The van der Waals surface area contributed by atoms with Crippen LogP contribution < -0.4 is 5.32 Å². The monoisotopic (exact) mass is 438 g/mol. The number of amides is 1. The summed E-state index contributed by atoms with van der Waals surface area (Å²) in [5.74, 6) is 0.291. The van der Waals surface area contributed by atoms with Gasteiger partial charge < -0.3 is 5.32 Å². The lowest BCUT2D eigenvalue weighted by atomic mass is 10.1. The number of hydrogen-bond acceptors (Lipinski definition) is 5. The number of carbonyl (C=O) groups is 1. The molecule has 0 spiro atoms. The molecule has 0 aliphatic rings. The van der Waals surface area contributed by atoms with Crippen LogP contribution in [-0.2, 0) is 10.0 Å². The molecule has 0 aliphatic carbocycles. The van der Waals surface area contributed by atoms with Gasteiger partial charge in [-0.05, 0) is 49.7 Å². The second kappa shape index (κ2) is 9.36. The fourth-order valence-corrected chi connectivity index (χ4v) is 4.78. The maximum absolute atomic E-state index is 13.0. The molecule has 1 aromatic heterocycles. The van der Waals surface area contributed by atoms with Gasteiger partial charge in [0.25, 0.3) is 5.91 Å². The fraction of sp³-hybridized carbons (Fsp3) is 0.261. The van der Waals surface area contributed by atoms with Gasteiger partial charge >= 0.3 is 0 Å². The number of nitrogens with zero attached hydrogens (tertiary/aromatic N) is 3. The van der Waals surface area contributed by atoms with Crippen LogP contribution in [0.2, 0.25) is 0 Å². The number of sulfonamides is 1. The van der Waals surface area contributed by atoms with Crippen LogP contribution in [0.15, 0.2) is 59.6 Å². The Balaban J connectivity index is 1.90. The van der Waals surface area contributed by atoms with Gasteiger partial charge in [0.15, 0.2) is 0 Å². The zero-order chi connectivity index (χ0) is 22.6. The molecule has 1 amide bonds. The first-order chi connectivity index (χ1) is 14.8. The molecule has 1 heterocycles. The lowest BCUT2D eigenvalue weighted by molar-refractivity contribution is 0.102. The Morgan fingerprint density at radius 1 is 1.03 bits per heavy atom. The van der Waals surface area contributed by atoms with Crippen LogP contribution in [0.4, 0.5) is 5.69 Å². The van der Waals surface area contributed by atoms with Gasteiger partial charge in [-0.1, -0.05) is 32.0 Å². The van der Waals surface area contributed by atoms with E-state index in [1.807, 2.05) is 25.1 Å². The van der Waals surface area contributed by atoms with Crippen LogP contribution in [0.3, 0.4) is 0 Å². The van der Waals surface area contributed by atoms with Crippen molar-refractivity contribution < 1.29 is 13.2 Å². The molecule has 8 heteroatoms. The van der Waals surface area contributed by atoms with Gasteiger partial charge in [-0.15, -0.1) is 0 Å². The minimum atomic E-state index is -3.65. The van der Waals surface area contributed by atoms with E-state index in [1.54, 1.807) is 45.2 Å². The van der Waals surface area contributed by atoms with Crippen molar-refractivity contribution in [3.05, 3.63) is 71.7 Å². The van der Waals surface area contributed by atoms with E-state index >= 15 is 0 Å². The molecule has 0 radical (unpaired) electrons. The fourth-order valence-electron chi connectivity index (χ4n) is 3.29. The third-order valence-corrected chi connectivity index (χ3v) is 7.03. The highest BCUT2D eigenvalue weighted by Gasteiger charge is 2.23. The summed E-state index contributed by atoms with van der Waals surface area (Å²) in [6.07, 6.45) is 1.69. The number of aromatic nitrogens is 2. The van der Waals surface area contributed by atoms with Crippen LogP contribution in [-0.4, -0.2) is 41.7 Å². The van der Waals surface area contributed by atoms with E-state index < -0.39 is 10.0 Å². The van der Waals surface area contributed by atoms with E-state index in [-0.39, 0.29) is 10.8 Å². The van der Waals surface area contributed by atoms with Crippen LogP contribution in [0.1, 0.15) is 35.6 Å². The van der Waals surface area contributed by atoms with E-state index in [9.17, 15) is 13.2 Å². The molecule has 2 aromatic carbocycles. The quantitative estimate of drug-likeness (QED) is 0.601. The normalized spacial score (nSPS) is 11.5. The number of aryl methyl sites for hydroxylation is 2. The minimum Gasteiger partial charge on any atom is -0.322 e. The van der Waals surface area contributed by atoms with Gasteiger partial charge in [-0.25, -0.2) is 18.4 Å². The Kier molecular flexibility index (Phi) is 6.82. The Hall–Kier alpha value is -3.10. The van der Waals surface area contributed by atoms with Gasteiger partial charge in [0.2, 0.25) is 10.0 Å². The molecule has 162 valence electrons. The largest absolute Gasteiger partial charge is 0.322 e. The van der Waals surface area contributed by atoms with Crippen molar-refractivity contribution in [1.82, 2.24) is 14.3 Å². The van der Waals surface area contributed by atoms with Gasteiger partial charge in [-0.2, -0.15) is 4.31 Å². The maximum Gasteiger partial charge on any atom is 0.255 e. The van der Waals surface area contributed by atoms with Gasteiger partial charge in [0, 0.05) is 36.1 Å². The number of nitrogens with one attached hydrogen (secondary N) is 1. The van der Waals surface area contributed by atoms with E-state index in [2.05, 4.69) is 15.3 Å². The molecule has 1 N–H and O–H groups in total. The zero-order valence-electron chi connectivity index (χ0n) is 18.1. The molecule has 3 rings (SSSR count). The van der Waals surface area contributed by atoms with Crippen molar-refractivity contribution in [2.75, 3.05) is 18.4 Å². The van der Waals surface area contributed by atoms with Crippen LogP contribution in [0.25, 0.3) is 11.3 Å². The summed E-state index contributed by atoms with van der Waals surface area (Å²) in [6.45, 7) is 7.90. The highest BCUT2D eigenvalue weighted by molar-refractivity contribution is 7.89. The average molecular weight is 439 g/mol. The Morgan fingerprint density at radius 2 is 1.77 bits per heavy atom. The van der Waals surface area contributed by atoms with E-state index in [1.165, 1.54) is 16.4 Å². The highest BCUT2D eigenvalue weighted by atomic mass is 32.2. The predicted octanol–water partition coefficient (Wildman–Crippen LogP) is 4.04. The van der Waals surface area contributed by atoms with Crippen LogP contribution >= 0.6 is 0 Å². The first-order valence-corrected chi connectivity index (χ1v) is 11.5. The Bertz CT molecular complexity index is 1200. The summed E-state index contributed by atoms with van der Waals surface area (Å²) in [4.78, 5) is 21.6. The van der Waals surface area contributed by atoms with Crippen LogP contribution in [0.5, 0.6) is 0 Å². The standard InChI is InChI=1S/C23H26N4O3S/c1-5-27(6-2)31(29,30)20-11-10-16(3)21(15-20)23(28)26-19-9-7-8-18(14-19)22-12-13-24-17(4)25-22/h7-15H,5-6H2,1-4H3,(H,26,28). The van der Waals surface area contributed by atoms with Crippen LogP contribution in [0, 0.1) is 13.8 Å². The number of carbonyl (C=O) groups excluding carboxylic acids is 1. The smallest absolute Gasteiger partial charge is 0.255 e. The van der Waals surface area contributed by atoms with E-state index in [0.717, 1.165) is 11.3 Å². The summed E-state index contributed by atoms with van der Waals surface area (Å²) in [6, 6.07) is 13.8. The van der Waals surface area contributed by atoms with Crippen molar-refractivity contribution >= 4 is 21.6 Å². The van der Waals surface area contributed by atoms with Crippen molar-refractivity contribution in [3.8, 4) is 11.3 Å². The third-order valence-electron chi connectivity index (χ3n) is 4.99. The molecule has 0 saturated carbocycles. The topological polar surface area (TPSA) is 92.3 Å². The van der Waals surface area contributed by atoms with Crippen molar-refractivity contribution in [1.29, 1.82) is 0 Å². The second-order valence-corrected chi connectivity index (χ2v) is 9.03. The second-order valence-electron chi connectivity index (χ2n) is 7.09. The molecule has 0 fully saturated rings. The molecule has 0 aliphatic heterocycles. The Labute approximate surface area is 183 Å². The maximum atomic E-state index is 13.0. The molecular weight excluding hydrogens is 412 g/mol. The van der Waals surface area contributed by atoms with E-state index in [0.29, 0.717) is 35.7 Å². The molecule has 7 nitrogen and oxygen atoms in total. The molecule has 0 atom stereocenters. The average Bonchev–Trinajstić information content (AvgIpc) is 2.74. The first-order valence-electron chi connectivity index (χ1n) is 10.1. The molecule has 0 bridgehead atoms. The number of rotatable bonds is 7. The lowest BCUT2D eigenvalue weighted by Crippen LogP contribution is -2.30. The molecule has 0 saturated heterocycles. The highest BCUT2D eigenvalue weighted by Crippen LogP contribution is 2.23. The van der Waals surface area contributed by atoms with Crippen molar-refractivity contribution in [2.24, 2.45) is 0 Å². The number of benzene rings is 2. The summed E-state index contributed by atoms with van der Waals surface area (Å²) in [5, 5.41) is 2.87. The van der Waals surface area contributed by atoms with Gasteiger partial charge in [0.05, 0.1) is 10.6 Å². The van der Waals surface area contributed by atoms with E-state index in [4.69, 9.17) is 0 Å². The molecular formula is C23H26N4O3S. The minimum absolute atomic E-state index is 0.108. The SMILES string of the molecule is CCN(CC)S(=O)(=O)c1ccc(C)c(C(=O)Nc2cccc(-c3ccnc(C)n3)c2)c1. The summed E-state index contributed by atoms with van der Waals surface area (Å²) in [7, 11) is -3.65. The summed E-state index contributed by atoms with van der Waals surface area (Å²) < 4.78 is 27.1. The summed E-state index contributed by atoms with van der Waals surface area (Å²) >= 11 is 0. The van der Waals surface area contributed by atoms with Crippen molar-refractivity contribution in [2.45, 2.75) is 32.6 Å². The van der Waals surface area contributed by atoms with Gasteiger partial charge in [-0.3, -0.25) is 4.79 Å². The first kappa shape index (κ1) is 22.6. The third kappa shape index (κ3) is 4.98. The van der Waals surface area contributed by atoms with Gasteiger partial charge in [0.1, 0.15) is 5.82 Å². The van der Waals surface area contributed by atoms with Crippen molar-refractivity contribution in [3.63, 3.8) is 0 Å². The zero-order valence-corrected chi connectivity index (χ0v) is 18.9. The number of hydrogen-bond donors (Lipinski definition) is 1. The number of anilines is 1. The molecule has 3 aromatic rings. The molecule has 0 unspecified atom stereocenters. The Morgan fingerprint density at radius 3 is 2.45 bits per heavy atom. The lowest BCUT2D eigenvalue weighted by Gasteiger charge is -2.19. The molecule has 31 heavy (non-hydrogen) atoms.